The molecule has 5 heteroatoms. The zero-order chi connectivity index (χ0) is 18.1. The van der Waals surface area contributed by atoms with Gasteiger partial charge in [0.2, 0.25) is 5.78 Å². The SMILES string of the molecule is O=C1C(Cc2ccc(N3CCCCC3)cc2)=C(Cl)C(=O)c2ncccc21. The number of pyridine rings is 1. The molecule has 4 rings (SSSR count). The molecule has 1 fully saturated rings. The van der Waals surface area contributed by atoms with Crippen molar-refractivity contribution >= 4 is 28.9 Å². The third kappa shape index (κ3) is 3.06. The largest absolute Gasteiger partial charge is 0.372 e. The van der Waals surface area contributed by atoms with Gasteiger partial charge in [0.05, 0.1) is 10.6 Å². The first kappa shape index (κ1) is 17.0. The Morgan fingerprint density at radius 2 is 1.69 bits per heavy atom. The number of fused-ring (bicyclic) bond motifs is 1. The van der Waals surface area contributed by atoms with E-state index in [1.54, 1.807) is 12.1 Å². The van der Waals surface area contributed by atoms with Crippen LogP contribution in [-0.4, -0.2) is 29.6 Å². The van der Waals surface area contributed by atoms with Crippen molar-refractivity contribution in [3.63, 3.8) is 0 Å². The van der Waals surface area contributed by atoms with Gasteiger partial charge in [-0.05, 0) is 49.1 Å². The predicted molar refractivity (Wildman–Crippen MR) is 102 cm³/mol. The molecule has 2 aliphatic rings. The van der Waals surface area contributed by atoms with Gasteiger partial charge in [-0.1, -0.05) is 23.7 Å². The minimum atomic E-state index is -0.373. The Kier molecular flexibility index (Phi) is 4.60. The summed E-state index contributed by atoms with van der Waals surface area (Å²) < 4.78 is 0. The molecule has 2 aromatic rings. The van der Waals surface area contributed by atoms with Gasteiger partial charge in [-0.15, -0.1) is 0 Å². The van der Waals surface area contributed by atoms with E-state index < -0.39 is 0 Å². The first-order chi connectivity index (χ1) is 12.6. The van der Waals surface area contributed by atoms with Crippen molar-refractivity contribution in [2.45, 2.75) is 25.7 Å². The van der Waals surface area contributed by atoms with Crippen molar-refractivity contribution in [3.8, 4) is 0 Å². The second-order valence-electron chi connectivity index (χ2n) is 6.74. The van der Waals surface area contributed by atoms with E-state index in [1.165, 1.54) is 31.1 Å². The van der Waals surface area contributed by atoms with Gasteiger partial charge in [0.15, 0.2) is 5.78 Å². The summed E-state index contributed by atoms with van der Waals surface area (Å²) in [6, 6.07) is 11.5. The smallest absolute Gasteiger partial charge is 0.223 e. The standard InChI is InChI=1S/C21H19ClN2O2/c22-18-17(20(25)16-5-4-10-23-19(16)21(18)26)13-14-6-8-15(9-7-14)24-11-2-1-3-12-24/h4-10H,1-3,11-13H2. The molecule has 4 nitrogen and oxygen atoms in total. The first-order valence-corrected chi connectivity index (χ1v) is 9.30. The molecule has 0 unspecified atom stereocenters. The van der Waals surface area contributed by atoms with Gasteiger partial charge in [-0.2, -0.15) is 0 Å². The lowest BCUT2D eigenvalue weighted by Crippen LogP contribution is -2.29. The fourth-order valence-electron chi connectivity index (χ4n) is 3.61. The van der Waals surface area contributed by atoms with Crippen LogP contribution in [0.25, 0.3) is 0 Å². The van der Waals surface area contributed by atoms with Crippen molar-refractivity contribution in [1.29, 1.82) is 0 Å². The van der Waals surface area contributed by atoms with Gasteiger partial charge < -0.3 is 4.90 Å². The normalized spacial score (nSPS) is 17.5. The number of Topliss-reactive ketones (excluding diaryl/α,β-unsaturated/α-hetero) is 2. The molecule has 1 saturated heterocycles. The number of hydrogen-bond donors (Lipinski definition) is 0. The predicted octanol–water partition coefficient (Wildman–Crippen LogP) is 4.19. The molecular weight excluding hydrogens is 348 g/mol. The van der Waals surface area contributed by atoms with Crippen LogP contribution >= 0.6 is 11.6 Å². The summed E-state index contributed by atoms with van der Waals surface area (Å²) in [5.74, 6) is -0.584. The number of rotatable bonds is 3. The van der Waals surface area contributed by atoms with E-state index >= 15 is 0 Å². The minimum absolute atomic E-state index is 0.0127. The van der Waals surface area contributed by atoms with Crippen LogP contribution in [0.15, 0.2) is 53.2 Å². The summed E-state index contributed by atoms with van der Waals surface area (Å²) in [6.45, 7) is 2.18. The number of aromatic nitrogens is 1. The van der Waals surface area contributed by atoms with Gasteiger partial charge in [-0.25, -0.2) is 0 Å². The fraction of sp³-hybridized carbons (Fsp3) is 0.286. The molecule has 2 heterocycles. The number of ketones is 2. The number of anilines is 1. The number of benzene rings is 1. The van der Waals surface area contributed by atoms with Crippen molar-refractivity contribution in [3.05, 3.63) is 70.0 Å². The Morgan fingerprint density at radius 3 is 2.42 bits per heavy atom. The Bertz CT molecular complexity index is 896. The maximum atomic E-state index is 12.7. The Morgan fingerprint density at radius 1 is 0.962 bits per heavy atom. The summed E-state index contributed by atoms with van der Waals surface area (Å²) in [7, 11) is 0. The quantitative estimate of drug-likeness (QED) is 0.817. The maximum Gasteiger partial charge on any atom is 0.223 e. The third-order valence-corrected chi connectivity index (χ3v) is 5.44. The Hall–Kier alpha value is -2.46. The molecule has 0 spiro atoms. The highest BCUT2D eigenvalue weighted by Crippen LogP contribution is 2.30. The second kappa shape index (κ2) is 7.04. The van der Waals surface area contributed by atoms with Crippen LogP contribution in [-0.2, 0) is 6.42 Å². The van der Waals surface area contributed by atoms with E-state index in [4.69, 9.17) is 11.6 Å². The van der Waals surface area contributed by atoms with Crippen LogP contribution < -0.4 is 4.90 Å². The van der Waals surface area contributed by atoms with E-state index in [9.17, 15) is 9.59 Å². The number of hydrogen-bond acceptors (Lipinski definition) is 4. The lowest BCUT2D eigenvalue weighted by atomic mass is 9.89. The van der Waals surface area contributed by atoms with E-state index in [-0.39, 0.29) is 22.3 Å². The van der Waals surface area contributed by atoms with Crippen LogP contribution in [0.3, 0.4) is 0 Å². The summed E-state index contributed by atoms with van der Waals surface area (Å²) in [6.07, 6.45) is 5.60. The van der Waals surface area contributed by atoms with Crippen LogP contribution in [0.1, 0.15) is 45.7 Å². The monoisotopic (exact) mass is 366 g/mol. The molecule has 132 valence electrons. The first-order valence-electron chi connectivity index (χ1n) is 8.92. The number of allylic oxidation sites excluding steroid dienone is 2. The third-order valence-electron chi connectivity index (χ3n) is 5.04. The van der Waals surface area contributed by atoms with Crippen LogP contribution in [0, 0.1) is 0 Å². The number of piperidine rings is 1. The Labute approximate surface area is 157 Å². The van der Waals surface area contributed by atoms with E-state index in [1.807, 2.05) is 12.1 Å². The summed E-state index contributed by atoms with van der Waals surface area (Å²) in [5.41, 5.74) is 3.00. The van der Waals surface area contributed by atoms with Crippen molar-refractivity contribution in [2.75, 3.05) is 18.0 Å². The van der Waals surface area contributed by atoms with Gasteiger partial charge in [0.25, 0.3) is 0 Å². The molecule has 26 heavy (non-hydrogen) atoms. The van der Waals surface area contributed by atoms with E-state index in [0.29, 0.717) is 17.6 Å². The number of nitrogens with zero attached hydrogens (tertiary/aromatic N) is 2. The number of halogens is 1. The highest BCUT2D eigenvalue weighted by molar-refractivity contribution is 6.49. The van der Waals surface area contributed by atoms with Crippen LogP contribution in [0.2, 0.25) is 0 Å². The van der Waals surface area contributed by atoms with Crippen molar-refractivity contribution < 1.29 is 9.59 Å². The van der Waals surface area contributed by atoms with Crippen LogP contribution in [0.4, 0.5) is 5.69 Å². The van der Waals surface area contributed by atoms with Crippen LogP contribution in [0.5, 0.6) is 0 Å². The molecule has 0 N–H and O–H groups in total. The number of carbonyl (C=O) groups is 2. The van der Waals surface area contributed by atoms with E-state index in [0.717, 1.165) is 18.7 Å². The molecule has 0 amide bonds. The minimum Gasteiger partial charge on any atom is -0.372 e. The maximum absolute atomic E-state index is 12.7. The van der Waals surface area contributed by atoms with Gasteiger partial charge >= 0.3 is 0 Å². The zero-order valence-electron chi connectivity index (χ0n) is 14.4. The number of carbonyl (C=O) groups excluding carboxylic acids is 2. The van der Waals surface area contributed by atoms with Crippen molar-refractivity contribution in [1.82, 2.24) is 4.98 Å². The average Bonchev–Trinajstić information content (AvgIpc) is 2.71. The molecule has 0 atom stereocenters. The van der Waals surface area contributed by atoms with Gasteiger partial charge in [0.1, 0.15) is 5.69 Å². The van der Waals surface area contributed by atoms with Gasteiger partial charge in [0, 0.05) is 37.0 Å². The molecule has 0 radical (unpaired) electrons. The molecule has 1 aromatic carbocycles. The van der Waals surface area contributed by atoms with E-state index in [2.05, 4.69) is 22.0 Å². The highest BCUT2D eigenvalue weighted by atomic mass is 35.5. The lowest BCUT2D eigenvalue weighted by Gasteiger charge is -2.29. The summed E-state index contributed by atoms with van der Waals surface area (Å²) in [5, 5.41) is -0.0127. The molecule has 1 aliphatic carbocycles. The topological polar surface area (TPSA) is 50.3 Å². The molecular formula is C21H19ClN2O2. The summed E-state index contributed by atoms with van der Waals surface area (Å²) >= 11 is 6.22. The molecule has 0 saturated carbocycles. The molecule has 1 aromatic heterocycles. The van der Waals surface area contributed by atoms with Crippen molar-refractivity contribution in [2.24, 2.45) is 0 Å². The zero-order valence-corrected chi connectivity index (χ0v) is 15.1. The molecule has 1 aliphatic heterocycles. The second-order valence-corrected chi connectivity index (χ2v) is 7.12. The highest BCUT2D eigenvalue weighted by Gasteiger charge is 2.32. The fourth-order valence-corrected chi connectivity index (χ4v) is 3.85. The molecule has 0 bridgehead atoms. The van der Waals surface area contributed by atoms with Gasteiger partial charge in [-0.3, -0.25) is 14.6 Å². The lowest BCUT2D eigenvalue weighted by molar-refractivity contribution is 0.0975. The Balaban J connectivity index is 1.58. The average molecular weight is 367 g/mol. The summed E-state index contributed by atoms with van der Waals surface area (Å²) in [4.78, 5) is 31.6.